The molecule has 1 saturated heterocycles. The van der Waals surface area contributed by atoms with Gasteiger partial charge < -0.3 is 14.4 Å². The van der Waals surface area contributed by atoms with Crippen LogP contribution in [0.25, 0.3) is 0 Å². The first-order valence-electron chi connectivity index (χ1n) is 14.0. The van der Waals surface area contributed by atoms with Gasteiger partial charge >= 0.3 is 5.97 Å². The third kappa shape index (κ3) is 5.88. The zero-order valence-electron chi connectivity index (χ0n) is 23.2. The molecule has 1 unspecified atom stereocenters. The Morgan fingerprint density at radius 3 is 2.77 bits per heavy atom. The van der Waals surface area contributed by atoms with E-state index in [4.69, 9.17) is 9.47 Å². The van der Waals surface area contributed by atoms with Crippen LogP contribution in [-0.4, -0.2) is 58.4 Å². The summed E-state index contributed by atoms with van der Waals surface area (Å²) in [7, 11) is -3.07. The molecule has 40 heavy (non-hydrogen) atoms. The Kier molecular flexibility index (Phi) is 8.20. The van der Waals surface area contributed by atoms with Crippen LogP contribution in [0.2, 0.25) is 0 Å². The Hall–Kier alpha value is -2.98. The average Bonchev–Trinajstić information content (AvgIpc) is 3.57. The van der Waals surface area contributed by atoms with E-state index < -0.39 is 21.8 Å². The molecule has 216 valence electrons. The number of sulfonamides is 1. The first-order chi connectivity index (χ1) is 19.1. The van der Waals surface area contributed by atoms with Gasteiger partial charge in [0.2, 0.25) is 0 Å². The van der Waals surface area contributed by atoms with Crippen molar-refractivity contribution in [1.29, 1.82) is 0 Å². The van der Waals surface area contributed by atoms with Crippen LogP contribution >= 0.6 is 0 Å². The number of methoxy groups -OCH3 is 1. The van der Waals surface area contributed by atoms with Crippen LogP contribution < -0.4 is 9.46 Å². The maximum absolute atomic E-state index is 14.2. The van der Waals surface area contributed by atoms with Gasteiger partial charge in [0.1, 0.15) is 22.9 Å². The van der Waals surface area contributed by atoms with Gasteiger partial charge in [-0.15, -0.1) is 0 Å². The van der Waals surface area contributed by atoms with E-state index in [-0.39, 0.29) is 39.8 Å². The third-order valence-electron chi connectivity index (χ3n) is 8.72. The van der Waals surface area contributed by atoms with Crippen molar-refractivity contribution in [2.75, 3.05) is 38.1 Å². The molecule has 1 aliphatic carbocycles. The smallest absolute Gasteiger partial charge is 0.343 e. The molecule has 0 radical (unpaired) electrons. The number of ketones is 1. The molecule has 2 fully saturated rings. The summed E-state index contributed by atoms with van der Waals surface area (Å²) in [5, 5.41) is 0. The fourth-order valence-corrected chi connectivity index (χ4v) is 7.42. The standard InChI is InChI=1S/C30H37FN2O6S/c1-4-33-12-11-19(16-33)18(2)5-7-23(34)14-20-13-22(31)6-10-27(20)40(36,37)32-26-9-8-24-25-15-21(25)17-39-29(24)28(26)30(35)38-3/h6,8-10,13,18-19,21,25,32H,4-5,7,11-12,14-17H2,1-3H3/t18-,19?,21-,25-/m0/s1. The van der Waals surface area contributed by atoms with Crippen LogP contribution in [0.15, 0.2) is 35.2 Å². The molecule has 1 saturated carbocycles. The van der Waals surface area contributed by atoms with Crippen LogP contribution in [0.1, 0.15) is 66.9 Å². The topological polar surface area (TPSA) is 102 Å². The van der Waals surface area contributed by atoms with E-state index in [1.165, 1.54) is 13.2 Å². The van der Waals surface area contributed by atoms with Crippen molar-refractivity contribution in [3.8, 4) is 5.75 Å². The van der Waals surface area contributed by atoms with Gasteiger partial charge in [0.15, 0.2) is 0 Å². The van der Waals surface area contributed by atoms with E-state index in [1.807, 2.05) is 0 Å². The molecule has 2 aliphatic heterocycles. The first-order valence-corrected chi connectivity index (χ1v) is 15.5. The largest absolute Gasteiger partial charge is 0.492 e. The number of ether oxygens (including phenoxy) is 2. The summed E-state index contributed by atoms with van der Waals surface area (Å²) in [5.74, 6) is 0.443. The number of nitrogens with zero attached hydrogens (tertiary/aromatic N) is 1. The minimum absolute atomic E-state index is 0.0104. The molecule has 8 nitrogen and oxygen atoms in total. The van der Waals surface area contributed by atoms with Crippen molar-refractivity contribution in [3.63, 3.8) is 0 Å². The summed E-state index contributed by atoms with van der Waals surface area (Å²) >= 11 is 0. The van der Waals surface area contributed by atoms with E-state index in [9.17, 15) is 22.4 Å². The van der Waals surface area contributed by atoms with Crippen LogP contribution in [0, 0.1) is 23.6 Å². The number of benzene rings is 2. The lowest BCUT2D eigenvalue weighted by atomic mass is 9.88. The Balaban J connectivity index is 1.34. The highest BCUT2D eigenvalue weighted by Gasteiger charge is 2.45. The molecule has 2 heterocycles. The number of hydrogen-bond acceptors (Lipinski definition) is 7. The maximum Gasteiger partial charge on any atom is 0.343 e. The quantitative estimate of drug-likeness (QED) is 0.387. The van der Waals surface area contributed by atoms with E-state index >= 15 is 0 Å². The van der Waals surface area contributed by atoms with Crippen LogP contribution in [0.5, 0.6) is 5.75 Å². The molecule has 3 aliphatic rings. The fraction of sp³-hybridized carbons (Fsp3) is 0.533. The van der Waals surface area contributed by atoms with Crippen LogP contribution in [0.4, 0.5) is 10.1 Å². The molecular formula is C30H37FN2O6S. The lowest BCUT2D eigenvalue weighted by Gasteiger charge is -2.22. The van der Waals surface area contributed by atoms with E-state index in [0.29, 0.717) is 43.0 Å². The van der Waals surface area contributed by atoms with E-state index in [2.05, 4.69) is 23.5 Å². The summed E-state index contributed by atoms with van der Waals surface area (Å²) in [4.78, 5) is 27.9. The zero-order valence-corrected chi connectivity index (χ0v) is 24.1. The first kappa shape index (κ1) is 28.5. The lowest BCUT2D eigenvalue weighted by Crippen LogP contribution is -2.22. The Morgan fingerprint density at radius 1 is 1.25 bits per heavy atom. The number of nitrogens with one attached hydrogen (secondary N) is 1. The Labute approximate surface area is 235 Å². The summed E-state index contributed by atoms with van der Waals surface area (Å²) in [6.07, 6.45) is 2.87. The van der Waals surface area contributed by atoms with Gasteiger partial charge in [0, 0.05) is 25.3 Å². The number of hydrogen-bond donors (Lipinski definition) is 1. The van der Waals surface area contributed by atoms with E-state index in [1.54, 1.807) is 6.07 Å². The van der Waals surface area contributed by atoms with E-state index in [0.717, 1.165) is 56.2 Å². The molecule has 0 bridgehead atoms. The second kappa shape index (κ2) is 11.5. The number of anilines is 1. The molecule has 2 aromatic rings. The van der Waals surface area contributed by atoms with Crippen molar-refractivity contribution >= 4 is 27.5 Å². The van der Waals surface area contributed by atoms with Gasteiger partial charge in [-0.2, -0.15) is 0 Å². The predicted molar refractivity (Wildman–Crippen MR) is 149 cm³/mol. The second-order valence-electron chi connectivity index (χ2n) is 11.3. The summed E-state index contributed by atoms with van der Waals surface area (Å²) in [6.45, 7) is 7.89. The van der Waals surface area contributed by atoms with Crippen LogP contribution in [0.3, 0.4) is 0 Å². The highest BCUT2D eigenvalue weighted by molar-refractivity contribution is 7.92. The van der Waals surface area contributed by atoms with Gasteiger partial charge in [-0.05, 0) is 85.5 Å². The summed E-state index contributed by atoms with van der Waals surface area (Å²) in [5.41, 5.74) is 0.966. The predicted octanol–water partition coefficient (Wildman–Crippen LogP) is 4.78. The zero-order chi connectivity index (χ0) is 28.6. The van der Waals surface area contributed by atoms with Crippen molar-refractivity contribution in [2.24, 2.45) is 17.8 Å². The number of esters is 1. The van der Waals surface area contributed by atoms with Crippen molar-refractivity contribution in [3.05, 3.63) is 52.8 Å². The van der Waals surface area contributed by atoms with Gasteiger partial charge in [0.25, 0.3) is 10.0 Å². The van der Waals surface area contributed by atoms with Gasteiger partial charge in [-0.1, -0.05) is 19.9 Å². The number of carbonyl (C=O) groups excluding carboxylic acids is 2. The third-order valence-corrected chi connectivity index (χ3v) is 10.2. The van der Waals surface area contributed by atoms with Crippen molar-refractivity contribution in [1.82, 2.24) is 4.90 Å². The lowest BCUT2D eigenvalue weighted by molar-refractivity contribution is -0.118. The average molecular weight is 573 g/mol. The fourth-order valence-electron chi connectivity index (χ4n) is 6.13. The number of rotatable bonds is 11. The number of likely N-dealkylation sites (tertiary alicyclic amines) is 1. The number of halogens is 1. The Morgan fingerprint density at radius 2 is 2.05 bits per heavy atom. The second-order valence-corrected chi connectivity index (χ2v) is 13.0. The highest BCUT2D eigenvalue weighted by Crippen LogP contribution is 2.55. The van der Waals surface area contributed by atoms with Gasteiger partial charge in [-0.3, -0.25) is 9.52 Å². The van der Waals surface area contributed by atoms with Gasteiger partial charge in [-0.25, -0.2) is 17.6 Å². The molecule has 1 N–H and O–H groups in total. The van der Waals surface area contributed by atoms with Gasteiger partial charge in [0.05, 0.1) is 24.3 Å². The highest BCUT2D eigenvalue weighted by atomic mass is 32.2. The molecule has 0 spiro atoms. The number of carbonyl (C=O) groups is 2. The monoisotopic (exact) mass is 572 g/mol. The minimum Gasteiger partial charge on any atom is -0.492 e. The molecule has 5 rings (SSSR count). The minimum atomic E-state index is -4.29. The summed E-state index contributed by atoms with van der Waals surface area (Å²) in [6, 6.07) is 6.60. The Bertz CT molecular complexity index is 1410. The van der Waals surface area contributed by atoms with Crippen molar-refractivity contribution < 1.29 is 31.9 Å². The maximum atomic E-state index is 14.2. The van der Waals surface area contributed by atoms with Crippen molar-refractivity contribution in [2.45, 2.75) is 56.8 Å². The molecule has 4 atom stereocenters. The molecule has 2 aromatic carbocycles. The number of fused-ring (bicyclic) bond motifs is 3. The molecule has 0 amide bonds. The summed E-state index contributed by atoms with van der Waals surface area (Å²) < 4.78 is 54.7. The SMILES string of the molecule is CCN1CCC([C@@H](C)CCC(=O)Cc2cc(F)ccc2S(=O)(=O)Nc2ccc3c(c2C(=O)OC)OC[C@@H]2C[C@H]32)C1. The molecule has 10 heteroatoms. The normalized spacial score (nSPS) is 22.6. The molecule has 0 aromatic heterocycles. The molecular weight excluding hydrogens is 535 g/mol. The van der Waals surface area contributed by atoms with Crippen LogP contribution in [-0.2, 0) is 26.0 Å². The number of Topliss-reactive ketones (excluding diaryl/α,β-unsaturated/α-hetero) is 1.